The predicted octanol–water partition coefficient (Wildman–Crippen LogP) is 3.33. The van der Waals surface area contributed by atoms with Crippen molar-refractivity contribution < 1.29 is 4.74 Å². The molecule has 2 aromatic heterocycles. The number of rotatable bonds is 4. The number of nitrogens with zero attached hydrogens (tertiary/aromatic N) is 5. The summed E-state index contributed by atoms with van der Waals surface area (Å²) in [4.78, 5) is 11.7. The Labute approximate surface area is 153 Å². The van der Waals surface area contributed by atoms with Crippen molar-refractivity contribution >= 4 is 17.3 Å². The monoisotopic (exact) mass is 361 g/mol. The van der Waals surface area contributed by atoms with Crippen LogP contribution in [0, 0.1) is 0 Å². The van der Waals surface area contributed by atoms with Gasteiger partial charge in [-0.2, -0.15) is 5.10 Å². The lowest BCUT2D eigenvalue weighted by Gasteiger charge is -2.32. The van der Waals surface area contributed by atoms with E-state index in [-0.39, 0.29) is 11.5 Å². The highest BCUT2D eigenvalue weighted by Crippen LogP contribution is 2.30. The van der Waals surface area contributed by atoms with Gasteiger partial charge in [-0.05, 0) is 12.8 Å². The average Bonchev–Trinajstić information content (AvgIpc) is 3.12. The maximum Gasteiger partial charge on any atom is 0.245 e. The Morgan fingerprint density at radius 2 is 1.92 bits per heavy atom. The van der Waals surface area contributed by atoms with E-state index >= 15 is 0 Å². The molecule has 25 heavy (non-hydrogen) atoms. The Kier molecular flexibility index (Phi) is 5.34. The van der Waals surface area contributed by atoms with Crippen LogP contribution in [-0.2, 0) is 23.0 Å². The molecular weight excluding hydrogens is 334 g/mol. The van der Waals surface area contributed by atoms with Crippen LogP contribution in [0.25, 0.3) is 0 Å². The van der Waals surface area contributed by atoms with Crippen molar-refractivity contribution in [3.05, 3.63) is 27.5 Å². The second-order valence-electron chi connectivity index (χ2n) is 7.34. The Morgan fingerprint density at radius 1 is 1.16 bits per heavy atom. The molecular formula is C18H27N5OS. The molecule has 7 heteroatoms. The van der Waals surface area contributed by atoms with Crippen molar-refractivity contribution in [2.24, 2.45) is 0 Å². The molecule has 6 nitrogen and oxygen atoms in total. The third-order valence-electron chi connectivity index (χ3n) is 4.41. The van der Waals surface area contributed by atoms with E-state index < -0.39 is 0 Å². The highest BCUT2D eigenvalue weighted by atomic mass is 32.1. The summed E-state index contributed by atoms with van der Waals surface area (Å²) in [5, 5.41) is 11.9. The Balaban J connectivity index is 1.78. The lowest BCUT2D eigenvalue weighted by Crippen LogP contribution is -2.39. The summed E-state index contributed by atoms with van der Waals surface area (Å²) in [5.41, 5.74) is 3.21. The number of aryl methyl sites for hydroxylation is 2. The molecule has 1 unspecified atom stereocenters. The van der Waals surface area contributed by atoms with Gasteiger partial charge in [0.2, 0.25) is 5.95 Å². The minimum absolute atomic E-state index is 0.0330. The summed E-state index contributed by atoms with van der Waals surface area (Å²) in [6.07, 6.45) is 1.71. The Hall–Kier alpha value is -1.60. The Bertz CT molecular complexity index is 724. The van der Waals surface area contributed by atoms with Crippen molar-refractivity contribution in [2.45, 2.75) is 59.0 Å². The third kappa shape index (κ3) is 3.98. The van der Waals surface area contributed by atoms with Gasteiger partial charge in [0.05, 0.1) is 30.2 Å². The molecule has 0 N–H and O–H groups in total. The van der Waals surface area contributed by atoms with Crippen molar-refractivity contribution in [1.29, 1.82) is 0 Å². The van der Waals surface area contributed by atoms with E-state index in [1.807, 2.05) is 0 Å². The van der Waals surface area contributed by atoms with Gasteiger partial charge in [0.1, 0.15) is 11.1 Å². The minimum atomic E-state index is -0.0330. The summed E-state index contributed by atoms with van der Waals surface area (Å²) in [5.74, 6) is 0.704. The van der Waals surface area contributed by atoms with E-state index in [0.717, 1.165) is 41.5 Å². The van der Waals surface area contributed by atoms with Crippen LogP contribution in [0.4, 0.5) is 5.95 Å². The summed E-state index contributed by atoms with van der Waals surface area (Å²) in [7, 11) is 0. The molecule has 0 aromatic carbocycles. The van der Waals surface area contributed by atoms with Crippen LogP contribution in [0.2, 0.25) is 0 Å². The molecule has 1 aliphatic rings. The molecule has 2 aromatic rings. The van der Waals surface area contributed by atoms with E-state index in [2.05, 4.69) is 55.1 Å². The van der Waals surface area contributed by atoms with E-state index in [4.69, 9.17) is 14.7 Å². The van der Waals surface area contributed by atoms with Crippen LogP contribution in [0.15, 0.2) is 5.38 Å². The molecule has 136 valence electrons. The molecule has 1 fully saturated rings. The molecule has 1 aliphatic heterocycles. The van der Waals surface area contributed by atoms with Crippen molar-refractivity contribution in [2.75, 3.05) is 24.6 Å². The van der Waals surface area contributed by atoms with Crippen LogP contribution in [0.1, 0.15) is 62.8 Å². The second kappa shape index (κ2) is 7.33. The number of morpholine rings is 1. The molecule has 1 saturated heterocycles. The molecule has 1 atom stereocenters. The van der Waals surface area contributed by atoms with Crippen molar-refractivity contribution in [3.63, 3.8) is 0 Å². The zero-order chi connectivity index (χ0) is 18.0. The van der Waals surface area contributed by atoms with E-state index in [9.17, 15) is 0 Å². The minimum Gasteiger partial charge on any atom is -0.367 e. The topological polar surface area (TPSA) is 64.0 Å². The van der Waals surface area contributed by atoms with Crippen LogP contribution in [0.3, 0.4) is 0 Å². The molecule has 0 radical (unpaired) electrons. The van der Waals surface area contributed by atoms with Crippen molar-refractivity contribution in [3.8, 4) is 0 Å². The zero-order valence-corrected chi connectivity index (χ0v) is 16.6. The van der Waals surface area contributed by atoms with Gasteiger partial charge in [-0.3, -0.25) is 0 Å². The fourth-order valence-corrected chi connectivity index (χ4v) is 3.91. The summed E-state index contributed by atoms with van der Waals surface area (Å²) in [6, 6.07) is 0. The predicted molar refractivity (Wildman–Crippen MR) is 100 cm³/mol. The summed E-state index contributed by atoms with van der Waals surface area (Å²) >= 11 is 1.67. The quantitative estimate of drug-likeness (QED) is 0.832. The summed E-state index contributed by atoms with van der Waals surface area (Å²) in [6.45, 7) is 12.9. The molecule has 0 saturated carbocycles. The number of thiazole rings is 1. The molecule has 3 heterocycles. The van der Waals surface area contributed by atoms with E-state index in [1.165, 1.54) is 0 Å². The van der Waals surface area contributed by atoms with Gasteiger partial charge in [0.25, 0.3) is 0 Å². The van der Waals surface area contributed by atoms with Gasteiger partial charge in [0, 0.05) is 17.3 Å². The first-order valence-corrected chi connectivity index (χ1v) is 9.85. The highest BCUT2D eigenvalue weighted by Gasteiger charge is 2.28. The fraction of sp³-hybridized carbons (Fsp3) is 0.667. The summed E-state index contributed by atoms with van der Waals surface area (Å²) < 4.78 is 5.97. The van der Waals surface area contributed by atoms with Gasteiger partial charge in [-0.25, -0.2) is 9.97 Å². The fourth-order valence-electron chi connectivity index (χ4n) is 2.82. The van der Waals surface area contributed by atoms with Crippen molar-refractivity contribution in [1.82, 2.24) is 20.2 Å². The lowest BCUT2D eigenvalue weighted by molar-refractivity contribution is 0.0388. The van der Waals surface area contributed by atoms with Gasteiger partial charge in [-0.1, -0.05) is 34.6 Å². The van der Waals surface area contributed by atoms with Crippen LogP contribution in [-0.4, -0.2) is 39.9 Å². The first-order valence-electron chi connectivity index (χ1n) is 8.97. The zero-order valence-electron chi connectivity index (χ0n) is 15.7. The van der Waals surface area contributed by atoms with E-state index in [0.29, 0.717) is 19.1 Å². The first-order chi connectivity index (χ1) is 11.9. The molecule has 0 amide bonds. The number of aromatic nitrogens is 4. The molecule has 0 bridgehead atoms. The van der Waals surface area contributed by atoms with E-state index in [1.54, 1.807) is 11.3 Å². The van der Waals surface area contributed by atoms with Crippen LogP contribution < -0.4 is 4.90 Å². The maximum atomic E-state index is 5.97. The SMILES string of the molecule is CCc1nnc(N2CCOC(c3nc(C(C)(C)C)cs3)C2)nc1CC. The van der Waals surface area contributed by atoms with Gasteiger partial charge < -0.3 is 9.64 Å². The number of hydrogen-bond donors (Lipinski definition) is 0. The van der Waals surface area contributed by atoms with Gasteiger partial charge >= 0.3 is 0 Å². The smallest absolute Gasteiger partial charge is 0.245 e. The Morgan fingerprint density at radius 3 is 2.56 bits per heavy atom. The van der Waals surface area contributed by atoms with Crippen LogP contribution >= 0.6 is 11.3 Å². The molecule has 0 aliphatic carbocycles. The number of hydrogen-bond acceptors (Lipinski definition) is 7. The number of ether oxygens (including phenoxy) is 1. The second-order valence-corrected chi connectivity index (χ2v) is 8.23. The average molecular weight is 362 g/mol. The first kappa shape index (κ1) is 18.2. The lowest BCUT2D eigenvalue weighted by atomic mass is 9.93. The number of anilines is 1. The third-order valence-corrected chi connectivity index (χ3v) is 5.35. The van der Waals surface area contributed by atoms with Crippen LogP contribution in [0.5, 0.6) is 0 Å². The highest BCUT2D eigenvalue weighted by molar-refractivity contribution is 7.09. The standard InChI is InChI=1S/C18H27N5OS/c1-6-12-13(7-2)21-22-17(19-12)23-8-9-24-14(10-23)16-20-15(11-25-16)18(3,4)5/h11,14H,6-10H2,1-5H3. The normalized spacial score (nSPS) is 18.6. The maximum absolute atomic E-state index is 5.97. The molecule has 0 spiro atoms. The largest absolute Gasteiger partial charge is 0.367 e. The van der Waals surface area contributed by atoms with Gasteiger partial charge in [-0.15, -0.1) is 16.4 Å². The van der Waals surface area contributed by atoms with Gasteiger partial charge in [0.15, 0.2) is 0 Å². The molecule has 3 rings (SSSR count).